The Morgan fingerprint density at radius 3 is 1.77 bits per heavy atom. The van der Waals surface area contributed by atoms with Crippen LogP contribution in [0.25, 0.3) is 0 Å². The number of nitrogens with two attached hydrogens (primary N) is 3. The lowest BCUT2D eigenvalue weighted by Crippen LogP contribution is -2.15. The van der Waals surface area contributed by atoms with Gasteiger partial charge in [0.2, 0.25) is 10.0 Å². The van der Waals surface area contributed by atoms with Gasteiger partial charge in [-0.1, -0.05) is 96.7 Å². The SMILES string of the molecule is NC(=S)c1ccccc1.NC(=S)c1ccccc1.NS(=O)(=O)c1cc(C(=O)O)c(NCc2ccco2)cc1Cl. The van der Waals surface area contributed by atoms with Crippen LogP contribution in [0.5, 0.6) is 0 Å². The molecule has 1 aromatic heterocycles. The molecule has 0 unspecified atom stereocenters. The van der Waals surface area contributed by atoms with Gasteiger partial charge in [0.1, 0.15) is 20.6 Å². The molecule has 0 aliphatic carbocycles. The summed E-state index contributed by atoms with van der Waals surface area (Å²) in [5.41, 5.74) is 12.4. The van der Waals surface area contributed by atoms with Gasteiger partial charge in [0, 0.05) is 11.1 Å². The first-order chi connectivity index (χ1) is 18.4. The van der Waals surface area contributed by atoms with Crippen LogP contribution in [0.1, 0.15) is 27.2 Å². The smallest absolute Gasteiger partial charge is 0.337 e. The molecule has 1 heterocycles. The fourth-order valence-corrected chi connectivity index (χ4v) is 4.27. The predicted molar refractivity (Wildman–Crippen MR) is 160 cm³/mol. The molecule has 0 fully saturated rings. The van der Waals surface area contributed by atoms with Gasteiger partial charge in [-0.15, -0.1) is 0 Å². The largest absolute Gasteiger partial charge is 0.478 e. The van der Waals surface area contributed by atoms with Gasteiger partial charge >= 0.3 is 5.97 Å². The number of benzene rings is 3. The summed E-state index contributed by atoms with van der Waals surface area (Å²) in [6.07, 6.45) is 1.48. The quantitative estimate of drug-likeness (QED) is 0.188. The monoisotopic (exact) mass is 604 g/mol. The number of aromatic carboxylic acids is 1. The van der Waals surface area contributed by atoms with Crippen molar-refractivity contribution in [2.24, 2.45) is 16.6 Å². The van der Waals surface area contributed by atoms with E-state index in [1.54, 1.807) is 12.1 Å². The first-order valence-electron chi connectivity index (χ1n) is 11.0. The van der Waals surface area contributed by atoms with Crippen LogP contribution in [0, 0.1) is 0 Å². The second-order valence-electron chi connectivity index (χ2n) is 7.57. The molecule has 0 atom stereocenters. The van der Waals surface area contributed by atoms with Gasteiger partial charge in [-0.3, -0.25) is 0 Å². The van der Waals surface area contributed by atoms with Crippen LogP contribution < -0.4 is 21.9 Å². The Morgan fingerprint density at radius 2 is 1.41 bits per heavy atom. The number of hydrogen-bond acceptors (Lipinski definition) is 7. The first-order valence-corrected chi connectivity index (χ1v) is 13.7. The van der Waals surface area contributed by atoms with Gasteiger partial charge in [-0.05, 0) is 24.3 Å². The Kier molecular flexibility index (Phi) is 12.0. The van der Waals surface area contributed by atoms with Crippen molar-refractivity contribution in [2.45, 2.75) is 11.4 Å². The van der Waals surface area contributed by atoms with Gasteiger partial charge in [0.25, 0.3) is 0 Å². The van der Waals surface area contributed by atoms with E-state index in [0.717, 1.165) is 17.2 Å². The number of rotatable bonds is 7. The zero-order valence-corrected chi connectivity index (χ0v) is 23.5. The summed E-state index contributed by atoms with van der Waals surface area (Å²) >= 11 is 15.3. The number of halogens is 1. The lowest BCUT2D eigenvalue weighted by Gasteiger charge is -2.11. The van der Waals surface area contributed by atoms with Crippen molar-refractivity contribution >= 4 is 67.7 Å². The Morgan fingerprint density at radius 1 is 0.897 bits per heavy atom. The third kappa shape index (κ3) is 10.5. The average Bonchev–Trinajstić information content (AvgIpc) is 3.42. The zero-order valence-electron chi connectivity index (χ0n) is 20.3. The van der Waals surface area contributed by atoms with Crippen LogP contribution in [0.2, 0.25) is 5.02 Å². The molecule has 9 nitrogen and oxygen atoms in total. The minimum atomic E-state index is -4.11. The maximum absolute atomic E-state index is 11.3. The molecule has 0 aliphatic heterocycles. The first kappa shape index (κ1) is 31.4. The number of sulfonamides is 1. The number of furan rings is 1. The number of carboxylic acids is 1. The molecule has 0 saturated carbocycles. The highest BCUT2D eigenvalue weighted by molar-refractivity contribution is 7.89. The molecule has 0 spiro atoms. The van der Waals surface area contributed by atoms with Crippen molar-refractivity contribution < 1.29 is 22.7 Å². The molecule has 0 saturated heterocycles. The summed E-state index contributed by atoms with van der Waals surface area (Å²) in [7, 11) is -4.11. The summed E-state index contributed by atoms with van der Waals surface area (Å²) in [5, 5.41) is 16.8. The van der Waals surface area contributed by atoms with E-state index in [9.17, 15) is 13.2 Å². The van der Waals surface area contributed by atoms with E-state index in [4.69, 9.17) is 62.2 Å². The molecule has 0 bridgehead atoms. The summed E-state index contributed by atoms with van der Waals surface area (Å²) in [5.74, 6) is -0.725. The Hall–Kier alpha value is -3.81. The van der Waals surface area contributed by atoms with Crippen molar-refractivity contribution in [1.29, 1.82) is 0 Å². The maximum Gasteiger partial charge on any atom is 0.337 e. The number of thiocarbonyl (C=S) groups is 2. The molecule has 3 aromatic carbocycles. The van der Waals surface area contributed by atoms with E-state index >= 15 is 0 Å². The summed E-state index contributed by atoms with van der Waals surface area (Å²) < 4.78 is 27.8. The lowest BCUT2D eigenvalue weighted by atomic mass is 10.1. The molecule has 4 aromatic rings. The third-order valence-corrected chi connectivity index (χ3v) is 6.61. The topological polar surface area (TPSA) is 175 Å². The van der Waals surface area contributed by atoms with Crippen LogP contribution in [0.4, 0.5) is 5.69 Å². The number of hydrogen-bond donors (Lipinski definition) is 5. The number of carboxylic acid groups (broad SMARTS) is 1. The van der Waals surface area contributed by atoms with Crippen LogP contribution in [0.15, 0.2) is 101 Å². The average molecular weight is 605 g/mol. The van der Waals surface area contributed by atoms with E-state index in [0.29, 0.717) is 15.7 Å². The molecule has 204 valence electrons. The number of primary sulfonamides is 1. The molecule has 4 rings (SSSR count). The van der Waals surface area contributed by atoms with E-state index in [1.807, 2.05) is 60.7 Å². The molecule has 13 heteroatoms. The van der Waals surface area contributed by atoms with Crippen molar-refractivity contribution in [3.8, 4) is 0 Å². The van der Waals surface area contributed by atoms with Gasteiger partial charge in [-0.2, -0.15) is 0 Å². The second kappa shape index (κ2) is 15.0. The van der Waals surface area contributed by atoms with E-state index in [-0.39, 0.29) is 22.8 Å². The van der Waals surface area contributed by atoms with Crippen molar-refractivity contribution in [3.05, 3.63) is 119 Å². The second-order valence-corrected chi connectivity index (χ2v) is 10.4. The highest BCUT2D eigenvalue weighted by atomic mass is 35.5. The molecule has 39 heavy (non-hydrogen) atoms. The Balaban J connectivity index is 0.000000243. The summed E-state index contributed by atoms with van der Waals surface area (Å²) in [6.45, 7) is 0.221. The van der Waals surface area contributed by atoms with Gasteiger partial charge in [0.05, 0.1) is 29.1 Å². The molecule has 0 radical (unpaired) electrons. The molecule has 0 aliphatic rings. The minimum absolute atomic E-state index is 0.163. The fourth-order valence-electron chi connectivity index (χ4n) is 2.89. The highest BCUT2D eigenvalue weighted by Gasteiger charge is 2.20. The molecule has 8 N–H and O–H groups in total. The normalized spacial score (nSPS) is 10.2. The molecular formula is C26H25ClN4O5S3. The predicted octanol–water partition coefficient (Wildman–Crippen LogP) is 4.53. The van der Waals surface area contributed by atoms with Crippen LogP contribution in [0.3, 0.4) is 0 Å². The summed E-state index contributed by atoms with van der Waals surface area (Å²) in [6, 6.07) is 24.6. The Bertz CT molecular complexity index is 1470. The summed E-state index contributed by atoms with van der Waals surface area (Å²) in [4.78, 5) is 11.7. The molecular weight excluding hydrogens is 580 g/mol. The lowest BCUT2D eigenvalue weighted by molar-refractivity contribution is 0.0697. The van der Waals surface area contributed by atoms with Crippen molar-refractivity contribution in [1.82, 2.24) is 0 Å². The highest BCUT2D eigenvalue weighted by Crippen LogP contribution is 2.28. The Labute approximate surface area is 241 Å². The van der Waals surface area contributed by atoms with Crippen molar-refractivity contribution in [2.75, 3.05) is 5.32 Å². The number of nitrogens with one attached hydrogen (secondary N) is 1. The van der Waals surface area contributed by atoms with Crippen molar-refractivity contribution in [3.63, 3.8) is 0 Å². The number of anilines is 1. The fraction of sp³-hybridized carbons (Fsp3) is 0.0385. The van der Waals surface area contributed by atoms with E-state index in [2.05, 4.69) is 5.32 Å². The van der Waals surface area contributed by atoms with E-state index in [1.165, 1.54) is 12.3 Å². The van der Waals surface area contributed by atoms with Gasteiger partial charge in [-0.25, -0.2) is 18.4 Å². The third-order valence-electron chi connectivity index (χ3n) is 4.76. The minimum Gasteiger partial charge on any atom is -0.478 e. The zero-order chi connectivity index (χ0) is 29.0. The standard InChI is InChI=1S/C12H11ClN2O5S.2C7H7NS/c13-9-5-10(15-6-7-2-1-3-20-7)8(12(16)17)4-11(9)21(14,18)19;2*8-7(9)6-4-2-1-3-5-6/h1-5,15H,6H2,(H,16,17)(H2,14,18,19);2*1-5H,(H2,8,9). The van der Waals surface area contributed by atoms with Gasteiger partial charge in [0.15, 0.2) is 0 Å². The van der Waals surface area contributed by atoms with Crippen LogP contribution in [-0.4, -0.2) is 29.5 Å². The number of carbonyl (C=O) groups is 1. The van der Waals surface area contributed by atoms with Crippen LogP contribution >= 0.6 is 36.0 Å². The molecule has 0 amide bonds. The van der Waals surface area contributed by atoms with E-state index < -0.39 is 20.9 Å². The van der Waals surface area contributed by atoms with Crippen LogP contribution in [-0.2, 0) is 16.6 Å². The maximum atomic E-state index is 11.3. The van der Waals surface area contributed by atoms with Gasteiger partial charge < -0.3 is 26.3 Å².